The van der Waals surface area contributed by atoms with E-state index in [4.69, 9.17) is 0 Å². The fourth-order valence-corrected chi connectivity index (χ4v) is 0. The molecule has 0 N–H and O–H groups in total. The standard InChI is InChI=1S/2ClH.Li.Mg/h2*1H;;/q;;+1;+2/p-2. The molecule has 16 valence electrons. The van der Waals surface area contributed by atoms with Crippen molar-refractivity contribution in [2.45, 2.75) is 0 Å². The first-order valence-electron chi connectivity index (χ1n) is 0. The molecule has 0 radical (unpaired) electrons. The van der Waals surface area contributed by atoms with E-state index in [0.717, 1.165) is 0 Å². The Balaban J connectivity index is 0. The first kappa shape index (κ1) is 38.5. The zero-order valence-corrected chi connectivity index (χ0v) is 5.39. The molecule has 0 aromatic heterocycles. The molecule has 0 nitrogen and oxygen atoms in total. The van der Waals surface area contributed by atoms with Gasteiger partial charge in [0.1, 0.15) is 0 Å². The van der Waals surface area contributed by atoms with E-state index >= 15 is 0 Å². The van der Waals surface area contributed by atoms with Crippen LogP contribution in [0.15, 0.2) is 0 Å². The van der Waals surface area contributed by atoms with E-state index in [1.807, 2.05) is 0 Å². The maximum absolute atomic E-state index is 0. The molecule has 0 fully saturated rings. The van der Waals surface area contributed by atoms with Crippen molar-refractivity contribution in [3.05, 3.63) is 0 Å². The van der Waals surface area contributed by atoms with Gasteiger partial charge in [-0.2, -0.15) is 0 Å². The first-order chi connectivity index (χ1) is 0. The topological polar surface area (TPSA) is 0 Å². The minimum Gasteiger partial charge on any atom is -1.00 e. The van der Waals surface area contributed by atoms with Gasteiger partial charge in [-0.25, -0.2) is 0 Å². The van der Waals surface area contributed by atoms with Crippen LogP contribution in [-0.4, -0.2) is 23.1 Å². The molecule has 0 aromatic rings. The second-order valence-electron chi connectivity index (χ2n) is 0. The van der Waals surface area contributed by atoms with Gasteiger partial charge in [-0.15, -0.1) is 0 Å². The molecule has 4 heavy (non-hydrogen) atoms. The molecule has 0 atom stereocenters. The number of hydrogen-bond donors (Lipinski definition) is 0. The van der Waals surface area contributed by atoms with E-state index in [9.17, 15) is 0 Å². The summed E-state index contributed by atoms with van der Waals surface area (Å²) in [5.74, 6) is 0. The van der Waals surface area contributed by atoms with Crippen molar-refractivity contribution >= 4 is 23.1 Å². The molecule has 0 heterocycles. The molecule has 0 aliphatic rings. The normalized spacial score (nSPS) is 0. The summed E-state index contributed by atoms with van der Waals surface area (Å²) < 4.78 is 0. The Bertz CT molecular complexity index is 6.00. The summed E-state index contributed by atoms with van der Waals surface area (Å²) in [6, 6.07) is 0. The van der Waals surface area contributed by atoms with Crippen LogP contribution in [0, 0.1) is 0 Å². The third-order valence-corrected chi connectivity index (χ3v) is 0. The van der Waals surface area contributed by atoms with Gasteiger partial charge in [-0.05, 0) is 0 Å². The van der Waals surface area contributed by atoms with Gasteiger partial charge in [-0.3, -0.25) is 0 Å². The molecule has 0 amide bonds. The van der Waals surface area contributed by atoms with Gasteiger partial charge in [0.15, 0.2) is 0 Å². The van der Waals surface area contributed by atoms with Gasteiger partial charge in [0.05, 0.1) is 0 Å². The first-order valence-corrected chi connectivity index (χ1v) is 0. The molecule has 0 rings (SSSR count). The SMILES string of the molecule is [Cl-].[Cl-].[Li+].[Mg+2]. The average molecular weight is 102 g/mol. The van der Waals surface area contributed by atoms with E-state index < -0.39 is 0 Å². The second-order valence-corrected chi connectivity index (χ2v) is 0. The predicted octanol–water partition coefficient (Wildman–Crippen LogP) is -9.37. The number of hydrogen-bond acceptors (Lipinski definition) is 0. The van der Waals surface area contributed by atoms with E-state index in [0.29, 0.717) is 0 Å². The average Bonchev–Trinajstić information content (AvgIpc) is 0. The Morgan fingerprint density at radius 1 is 0.750 bits per heavy atom. The van der Waals surface area contributed by atoms with Crippen LogP contribution >= 0.6 is 0 Å². The quantitative estimate of drug-likeness (QED) is 0.266. The summed E-state index contributed by atoms with van der Waals surface area (Å²) in [7, 11) is 0. The molecule has 0 bridgehead atoms. The van der Waals surface area contributed by atoms with Crippen LogP contribution in [-0.2, 0) is 0 Å². The Morgan fingerprint density at radius 3 is 0.750 bits per heavy atom. The molecule has 0 saturated carbocycles. The summed E-state index contributed by atoms with van der Waals surface area (Å²) in [5, 5.41) is 0. The third-order valence-electron chi connectivity index (χ3n) is 0. The van der Waals surface area contributed by atoms with Gasteiger partial charge in [0.25, 0.3) is 0 Å². The van der Waals surface area contributed by atoms with Crippen LogP contribution in [0.3, 0.4) is 0 Å². The summed E-state index contributed by atoms with van der Waals surface area (Å²) in [4.78, 5) is 0. The monoisotopic (exact) mass is 101 g/mol. The van der Waals surface area contributed by atoms with E-state index in [1.165, 1.54) is 0 Å². The molecular weight excluding hydrogens is 102 g/mol. The molecule has 0 spiro atoms. The largest absolute Gasteiger partial charge is 2.00 e. The minimum absolute atomic E-state index is 0. The van der Waals surface area contributed by atoms with E-state index in [-0.39, 0.29) is 66.7 Å². The number of rotatable bonds is 0. The smallest absolute Gasteiger partial charge is 1.00 e. The molecule has 0 aliphatic heterocycles. The predicted molar refractivity (Wildman–Crippen MR) is 5.75 cm³/mol. The summed E-state index contributed by atoms with van der Waals surface area (Å²) in [5.41, 5.74) is 0. The fourth-order valence-electron chi connectivity index (χ4n) is 0. The Kier molecular flexibility index (Phi) is 196. The van der Waals surface area contributed by atoms with Crippen LogP contribution in [0.5, 0.6) is 0 Å². The maximum atomic E-state index is 0. The third kappa shape index (κ3) is 9.05. The van der Waals surface area contributed by atoms with Crippen LogP contribution in [0.25, 0.3) is 0 Å². The minimum atomic E-state index is 0. The van der Waals surface area contributed by atoms with Gasteiger partial charge in [0.2, 0.25) is 0 Å². The van der Waals surface area contributed by atoms with Crippen LogP contribution in [0.2, 0.25) is 0 Å². The Hall–Kier alpha value is 1.94. The van der Waals surface area contributed by atoms with Crippen molar-refractivity contribution in [1.29, 1.82) is 0 Å². The van der Waals surface area contributed by atoms with Crippen LogP contribution in [0.4, 0.5) is 0 Å². The summed E-state index contributed by atoms with van der Waals surface area (Å²) in [6.07, 6.45) is 0. The molecule has 0 unspecified atom stereocenters. The molecule has 0 aliphatic carbocycles. The van der Waals surface area contributed by atoms with Crippen molar-refractivity contribution in [3.63, 3.8) is 0 Å². The Labute approximate surface area is 66.2 Å². The van der Waals surface area contributed by atoms with Crippen LogP contribution < -0.4 is 43.7 Å². The van der Waals surface area contributed by atoms with Gasteiger partial charge in [0, 0.05) is 0 Å². The van der Waals surface area contributed by atoms with Crippen molar-refractivity contribution in [2.24, 2.45) is 0 Å². The van der Waals surface area contributed by atoms with Crippen molar-refractivity contribution < 1.29 is 43.7 Å². The van der Waals surface area contributed by atoms with Crippen molar-refractivity contribution in [3.8, 4) is 0 Å². The summed E-state index contributed by atoms with van der Waals surface area (Å²) >= 11 is 0. The van der Waals surface area contributed by atoms with E-state index in [2.05, 4.69) is 0 Å². The molecule has 0 saturated heterocycles. The maximum Gasteiger partial charge on any atom is 2.00 e. The zero-order valence-electron chi connectivity index (χ0n) is 2.46. The second kappa shape index (κ2) is 20.4. The van der Waals surface area contributed by atoms with Crippen molar-refractivity contribution in [2.75, 3.05) is 0 Å². The van der Waals surface area contributed by atoms with Gasteiger partial charge < -0.3 is 24.8 Å². The molecule has 4 heteroatoms. The van der Waals surface area contributed by atoms with Crippen LogP contribution in [0.1, 0.15) is 0 Å². The zero-order chi connectivity index (χ0) is 0. The Morgan fingerprint density at radius 2 is 0.750 bits per heavy atom. The van der Waals surface area contributed by atoms with Crippen molar-refractivity contribution in [1.82, 2.24) is 0 Å². The summed E-state index contributed by atoms with van der Waals surface area (Å²) in [6.45, 7) is 0. The van der Waals surface area contributed by atoms with Gasteiger partial charge in [-0.1, -0.05) is 0 Å². The number of halogens is 2. The molecule has 0 aromatic carbocycles. The van der Waals surface area contributed by atoms with E-state index in [1.54, 1.807) is 0 Å². The van der Waals surface area contributed by atoms with Gasteiger partial charge >= 0.3 is 41.9 Å². The fraction of sp³-hybridized carbons (Fsp3) is 0. The molecular formula is Cl2LiMg+.